The molecule has 10 heteroatoms. The van der Waals surface area contributed by atoms with E-state index in [2.05, 4.69) is 30.5 Å². The van der Waals surface area contributed by atoms with Crippen LogP contribution in [0.15, 0.2) is 36.7 Å². The Morgan fingerprint density at radius 3 is 2.65 bits per heavy atom. The summed E-state index contributed by atoms with van der Waals surface area (Å²) in [5.74, 6) is -0.0183. The molecule has 0 atom stereocenters. The SMILES string of the molecule is Cc1ncc(CCN(C)C)cc1Nc1ncc2c(n1)-c1ccc(CC(F)(F)F)cc1NC(=O)C2. The minimum Gasteiger partial charge on any atom is -0.325 e. The van der Waals surface area contributed by atoms with Crippen LogP contribution in [0.1, 0.15) is 22.4 Å². The van der Waals surface area contributed by atoms with Gasteiger partial charge in [-0.3, -0.25) is 9.78 Å². The van der Waals surface area contributed by atoms with Gasteiger partial charge in [0.25, 0.3) is 0 Å². The van der Waals surface area contributed by atoms with Gasteiger partial charge in [-0.2, -0.15) is 13.2 Å². The molecule has 2 N–H and O–H groups in total. The monoisotopic (exact) mass is 470 g/mol. The number of likely N-dealkylation sites (N-methyl/N-ethyl adjacent to an activating group) is 1. The lowest BCUT2D eigenvalue weighted by atomic mass is 10.0. The standard InChI is InChI=1S/C24H25F3N6O/c1-14-19(9-16(12-28-14)6-7-33(2)3)31-23-29-13-17-10-21(34)30-20-8-15(11-24(25,26)27)4-5-18(20)22(17)32-23/h4-5,8-9,12-13H,6-7,10-11H2,1-3H3,(H,30,34)(H,29,31,32). The van der Waals surface area contributed by atoms with Gasteiger partial charge < -0.3 is 15.5 Å². The highest BCUT2D eigenvalue weighted by atomic mass is 19.4. The fourth-order valence-electron chi connectivity index (χ4n) is 3.75. The van der Waals surface area contributed by atoms with E-state index >= 15 is 0 Å². The molecule has 178 valence electrons. The van der Waals surface area contributed by atoms with Crippen molar-refractivity contribution in [3.63, 3.8) is 0 Å². The minimum absolute atomic E-state index is 0.0273. The Labute approximate surface area is 195 Å². The number of pyridine rings is 1. The quantitative estimate of drug-likeness (QED) is 0.559. The predicted octanol–water partition coefficient (Wildman–Crippen LogP) is 4.29. The smallest absolute Gasteiger partial charge is 0.325 e. The molecular weight excluding hydrogens is 445 g/mol. The van der Waals surface area contributed by atoms with E-state index in [1.54, 1.807) is 12.3 Å². The fraction of sp³-hybridized carbons (Fsp3) is 0.333. The number of anilines is 3. The molecule has 1 amide bonds. The van der Waals surface area contributed by atoms with Gasteiger partial charge in [0.2, 0.25) is 11.9 Å². The first-order valence-electron chi connectivity index (χ1n) is 10.8. The van der Waals surface area contributed by atoms with Gasteiger partial charge in [0.15, 0.2) is 0 Å². The molecule has 0 unspecified atom stereocenters. The maximum atomic E-state index is 12.9. The number of carbonyl (C=O) groups is 1. The number of rotatable bonds is 6. The number of carbonyl (C=O) groups excluding carboxylic acids is 1. The van der Waals surface area contributed by atoms with Gasteiger partial charge in [-0.25, -0.2) is 9.97 Å². The lowest BCUT2D eigenvalue weighted by Crippen LogP contribution is -2.15. The summed E-state index contributed by atoms with van der Waals surface area (Å²) in [5, 5.41) is 5.90. The molecule has 0 bridgehead atoms. The summed E-state index contributed by atoms with van der Waals surface area (Å²) >= 11 is 0. The van der Waals surface area contributed by atoms with E-state index in [0.29, 0.717) is 28.5 Å². The molecule has 4 rings (SSSR count). The Balaban J connectivity index is 1.67. The van der Waals surface area contributed by atoms with Gasteiger partial charge in [-0.05, 0) is 50.7 Å². The second kappa shape index (κ2) is 9.38. The van der Waals surface area contributed by atoms with Crippen LogP contribution < -0.4 is 10.6 Å². The molecule has 0 radical (unpaired) electrons. The van der Waals surface area contributed by atoms with Crippen LogP contribution in [0.5, 0.6) is 0 Å². The Kier molecular flexibility index (Phi) is 6.52. The number of nitrogens with one attached hydrogen (secondary N) is 2. The Morgan fingerprint density at radius 1 is 1.12 bits per heavy atom. The number of aryl methyl sites for hydroxylation is 1. The van der Waals surface area contributed by atoms with E-state index in [4.69, 9.17) is 0 Å². The number of alkyl halides is 3. The van der Waals surface area contributed by atoms with Crippen LogP contribution >= 0.6 is 0 Å². The summed E-state index contributed by atoms with van der Waals surface area (Å²) in [6, 6.07) is 6.33. The molecule has 0 aliphatic carbocycles. The molecule has 3 aromatic rings. The van der Waals surface area contributed by atoms with E-state index in [1.807, 2.05) is 33.3 Å². The third kappa shape index (κ3) is 5.69. The number of fused-ring (bicyclic) bond motifs is 3. The molecule has 0 saturated carbocycles. The zero-order chi connectivity index (χ0) is 24.5. The van der Waals surface area contributed by atoms with Crippen LogP contribution in [0.25, 0.3) is 11.3 Å². The highest BCUT2D eigenvalue weighted by Gasteiger charge is 2.29. The lowest BCUT2D eigenvalue weighted by Gasteiger charge is -2.14. The van der Waals surface area contributed by atoms with Gasteiger partial charge in [0.1, 0.15) is 0 Å². The number of aromatic nitrogens is 3. The molecule has 2 aromatic heterocycles. The highest BCUT2D eigenvalue weighted by molar-refractivity contribution is 6.00. The molecule has 7 nitrogen and oxygen atoms in total. The lowest BCUT2D eigenvalue weighted by molar-refractivity contribution is -0.127. The zero-order valence-corrected chi connectivity index (χ0v) is 19.1. The third-order valence-corrected chi connectivity index (χ3v) is 5.47. The minimum atomic E-state index is -4.34. The molecular formula is C24H25F3N6O. The molecule has 1 aromatic carbocycles. The van der Waals surface area contributed by atoms with Crippen molar-refractivity contribution in [2.45, 2.75) is 32.4 Å². The van der Waals surface area contributed by atoms with E-state index in [9.17, 15) is 18.0 Å². The van der Waals surface area contributed by atoms with E-state index in [1.165, 1.54) is 12.1 Å². The van der Waals surface area contributed by atoms with E-state index < -0.39 is 12.6 Å². The van der Waals surface area contributed by atoms with Crippen LogP contribution in [-0.2, 0) is 24.1 Å². The van der Waals surface area contributed by atoms with Gasteiger partial charge in [0.05, 0.1) is 35.6 Å². The molecule has 3 heterocycles. The summed E-state index contributed by atoms with van der Waals surface area (Å²) in [7, 11) is 4.02. The summed E-state index contributed by atoms with van der Waals surface area (Å²) in [6.45, 7) is 2.76. The molecule has 34 heavy (non-hydrogen) atoms. The largest absolute Gasteiger partial charge is 0.393 e. The van der Waals surface area contributed by atoms with Crippen molar-refractivity contribution < 1.29 is 18.0 Å². The normalized spacial score (nSPS) is 13.2. The van der Waals surface area contributed by atoms with Crippen LogP contribution in [0.2, 0.25) is 0 Å². The Morgan fingerprint density at radius 2 is 1.91 bits per heavy atom. The third-order valence-electron chi connectivity index (χ3n) is 5.47. The van der Waals surface area contributed by atoms with Crippen LogP contribution in [0, 0.1) is 6.92 Å². The van der Waals surface area contributed by atoms with Crippen molar-refractivity contribution in [3.05, 3.63) is 59.0 Å². The number of amides is 1. The maximum absolute atomic E-state index is 12.9. The summed E-state index contributed by atoms with van der Waals surface area (Å²) in [5.41, 5.74) is 4.62. The van der Waals surface area contributed by atoms with Crippen molar-refractivity contribution in [2.24, 2.45) is 0 Å². The first-order chi connectivity index (χ1) is 16.1. The summed E-state index contributed by atoms with van der Waals surface area (Å²) < 4.78 is 38.6. The van der Waals surface area contributed by atoms with Crippen LogP contribution in [0.3, 0.4) is 0 Å². The first-order valence-corrected chi connectivity index (χ1v) is 10.8. The van der Waals surface area contributed by atoms with Crippen molar-refractivity contribution in [3.8, 4) is 11.3 Å². The van der Waals surface area contributed by atoms with Gasteiger partial charge in [0, 0.05) is 30.1 Å². The molecule has 1 aliphatic heterocycles. The number of nitrogens with zero attached hydrogens (tertiary/aromatic N) is 4. The second-order valence-electron chi connectivity index (χ2n) is 8.62. The van der Waals surface area contributed by atoms with Crippen molar-refractivity contribution in [1.82, 2.24) is 19.9 Å². The number of halogens is 3. The van der Waals surface area contributed by atoms with Gasteiger partial charge >= 0.3 is 6.18 Å². The predicted molar refractivity (Wildman–Crippen MR) is 124 cm³/mol. The number of hydrogen-bond donors (Lipinski definition) is 2. The van der Waals surface area contributed by atoms with Crippen LogP contribution in [0.4, 0.5) is 30.5 Å². The van der Waals surface area contributed by atoms with Gasteiger partial charge in [-0.1, -0.05) is 12.1 Å². The van der Waals surface area contributed by atoms with Crippen molar-refractivity contribution in [1.29, 1.82) is 0 Å². The second-order valence-corrected chi connectivity index (χ2v) is 8.62. The highest BCUT2D eigenvalue weighted by Crippen LogP contribution is 2.35. The van der Waals surface area contributed by atoms with Crippen molar-refractivity contribution in [2.75, 3.05) is 31.3 Å². The first kappa shape index (κ1) is 23.6. The maximum Gasteiger partial charge on any atom is 0.393 e. The van der Waals surface area contributed by atoms with E-state index in [0.717, 1.165) is 29.9 Å². The van der Waals surface area contributed by atoms with Crippen molar-refractivity contribution >= 4 is 23.2 Å². The summed E-state index contributed by atoms with van der Waals surface area (Å²) in [6.07, 6.45) is -1.14. The Hall–Kier alpha value is -3.53. The zero-order valence-electron chi connectivity index (χ0n) is 19.1. The molecule has 0 spiro atoms. The summed E-state index contributed by atoms with van der Waals surface area (Å²) in [4.78, 5) is 27.9. The molecule has 1 aliphatic rings. The van der Waals surface area contributed by atoms with E-state index in [-0.39, 0.29) is 17.9 Å². The average Bonchev–Trinajstić information content (AvgIpc) is 2.87. The Bertz CT molecular complexity index is 1230. The average molecular weight is 470 g/mol. The fourth-order valence-corrected chi connectivity index (χ4v) is 3.75. The topological polar surface area (TPSA) is 83.0 Å². The molecule has 0 saturated heterocycles. The number of hydrogen-bond acceptors (Lipinski definition) is 6. The van der Waals surface area contributed by atoms with Crippen LogP contribution in [-0.4, -0.2) is 52.6 Å². The van der Waals surface area contributed by atoms with Gasteiger partial charge in [-0.15, -0.1) is 0 Å². The molecule has 0 fully saturated rings. The number of benzene rings is 1.